The molecule has 0 saturated carbocycles. The minimum Gasteiger partial charge on any atom is -0.492 e. The summed E-state index contributed by atoms with van der Waals surface area (Å²) in [6, 6.07) is 19.0. The number of carbonyl (C=O) groups is 4. The average Bonchev–Trinajstić information content (AvgIpc) is 3.76. The second kappa shape index (κ2) is 15.3. The Labute approximate surface area is 292 Å². The van der Waals surface area contributed by atoms with Crippen LogP contribution in [0.2, 0.25) is 0 Å². The molecule has 0 aliphatic carbocycles. The van der Waals surface area contributed by atoms with Crippen LogP contribution in [0, 0.1) is 5.92 Å². The summed E-state index contributed by atoms with van der Waals surface area (Å²) in [6.07, 6.45) is 0.158. The van der Waals surface area contributed by atoms with Gasteiger partial charge in [-0.2, -0.15) is 5.10 Å². The third-order valence-electron chi connectivity index (χ3n) is 8.29. The number of aromatic nitrogens is 4. The topological polar surface area (TPSA) is 169 Å². The Balaban J connectivity index is 1.29. The Kier molecular flexibility index (Phi) is 10.5. The molecule has 7 rings (SSSR count). The molecule has 3 aromatic carbocycles. The quantitative estimate of drug-likeness (QED) is 0.222. The first-order valence-corrected chi connectivity index (χ1v) is 17.3. The lowest BCUT2D eigenvalue weighted by atomic mass is 10.00. The molecule has 0 unspecified atom stereocenters. The molecule has 258 valence electrons. The second-order valence-electron chi connectivity index (χ2n) is 12.4. The van der Waals surface area contributed by atoms with Gasteiger partial charge in [0, 0.05) is 17.5 Å². The van der Waals surface area contributed by atoms with Crippen molar-refractivity contribution >= 4 is 45.2 Å². The van der Waals surface area contributed by atoms with Crippen molar-refractivity contribution in [2.24, 2.45) is 5.92 Å². The number of hydrogen-bond acceptors (Lipinski definition) is 9. The largest absolute Gasteiger partial charge is 0.492 e. The highest BCUT2D eigenvalue weighted by molar-refractivity contribution is 7.16. The number of ether oxygens (including phenoxy) is 1. The third-order valence-corrected chi connectivity index (χ3v) is 9.08. The zero-order valence-electron chi connectivity index (χ0n) is 27.9. The Bertz CT molecular complexity index is 1990. The Morgan fingerprint density at radius 2 is 1.78 bits per heavy atom. The Hall–Kier alpha value is -5.63. The number of carbonyl (C=O) groups excluding carboxylic acids is 4. The van der Waals surface area contributed by atoms with Crippen LogP contribution in [0.15, 0.2) is 78.3 Å². The smallest absolute Gasteiger partial charge is 0.251 e. The third kappa shape index (κ3) is 8.14. The van der Waals surface area contributed by atoms with Crippen LogP contribution in [0.25, 0.3) is 21.6 Å². The van der Waals surface area contributed by atoms with Crippen LogP contribution < -0.4 is 26.0 Å². The molecule has 4 N–H and O–H groups in total. The summed E-state index contributed by atoms with van der Waals surface area (Å²) in [4.78, 5) is 63.2. The summed E-state index contributed by atoms with van der Waals surface area (Å²) in [6.45, 7) is 5.73. The van der Waals surface area contributed by atoms with Crippen LogP contribution >= 0.6 is 11.3 Å². The zero-order valence-corrected chi connectivity index (χ0v) is 28.7. The van der Waals surface area contributed by atoms with E-state index in [1.807, 2.05) is 56.3 Å². The number of hydrogen-bond donors (Lipinski definition) is 4. The molecule has 4 amide bonds. The molecular formula is C36H38N8O5S. The highest BCUT2D eigenvalue weighted by Gasteiger charge is 2.31. The van der Waals surface area contributed by atoms with Crippen molar-refractivity contribution in [2.75, 3.05) is 13.2 Å². The van der Waals surface area contributed by atoms with Crippen LogP contribution in [0.4, 0.5) is 0 Å². The summed E-state index contributed by atoms with van der Waals surface area (Å²) < 4.78 is 8.16. The van der Waals surface area contributed by atoms with E-state index >= 15 is 0 Å². The fourth-order valence-corrected chi connectivity index (χ4v) is 6.33. The molecule has 3 atom stereocenters. The fraction of sp³-hybridized carbons (Fsp3) is 0.306. The maximum atomic E-state index is 14.0. The number of amides is 4. The molecule has 0 saturated heterocycles. The summed E-state index contributed by atoms with van der Waals surface area (Å²) in [5.41, 5.74) is 4.41. The first-order valence-electron chi connectivity index (χ1n) is 16.4. The van der Waals surface area contributed by atoms with Crippen molar-refractivity contribution in [1.29, 1.82) is 0 Å². The zero-order chi connectivity index (χ0) is 35.2. The van der Waals surface area contributed by atoms with Crippen molar-refractivity contribution < 1.29 is 23.9 Å². The predicted octanol–water partition coefficient (Wildman–Crippen LogP) is 3.42. The number of benzene rings is 3. The molecule has 50 heavy (non-hydrogen) atoms. The number of nitrogens with one attached hydrogen (secondary N) is 4. The van der Waals surface area contributed by atoms with Crippen molar-refractivity contribution in [1.82, 2.24) is 41.0 Å². The molecule has 0 fully saturated rings. The highest BCUT2D eigenvalue weighted by Crippen LogP contribution is 2.21. The lowest BCUT2D eigenvalue weighted by molar-refractivity contribution is -0.131. The van der Waals surface area contributed by atoms with E-state index in [2.05, 4.69) is 31.3 Å². The minimum atomic E-state index is -1.00. The molecule has 2 bridgehead atoms. The van der Waals surface area contributed by atoms with Gasteiger partial charge in [0.25, 0.3) is 5.91 Å². The van der Waals surface area contributed by atoms with E-state index in [9.17, 15) is 19.2 Å². The van der Waals surface area contributed by atoms with Gasteiger partial charge < -0.3 is 26.0 Å². The molecular weight excluding hydrogens is 657 g/mol. The van der Waals surface area contributed by atoms with Gasteiger partial charge >= 0.3 is 0 Å². The molecule has 14 heteroatoms. The van der Waals surface area contributed by atoms with Crippen molar-refractivity contribution in [2.45, 2.75) is 51.9 Å². The Morgan fingerprint density at radius 1 is 1.00 bits per heavy atom. The standard InChI is InChI=1S/C36H38N8O5S/c1-21(2)31-36(48)39-22(3)33-42-32(24-7-5-4-6-8-24)43-44(33)19-30(45)37-15-16-49-26-12-9-23(10-13-26)17-28(35(47)41-31)40-34(46)25-11-14-27-29(18-25)50-20-38-27/h4-14,18,20-22,28,31H,15-17,19H2,1-3H3,(H,37,45)(H,39,48)(H,40,46)(H,41,47)/t22-,28-,31+/m0/s1. The van der Waals surface area contributed by atoms with Gasteiger partial charge in [0.2, 0.25) is 17.7 Å². The van der Waals surface area contributed by atoms with Gasteiger partial charge in [0.1, 0.15) is 36.8 Å². The van der Waals surface area contributed by atoms with Crippen LogP contribution in [0.3, 0.4) is 0 Å². The number of rotatable bonds is 4. The average molecular weight is 695 g/mol. The van der Waals surface area contributed by atoms with Gasteiger partial charge in [-0.05, 0) is 48.7 Å². The van der Waals surface area contributed by atoms with Crippen LogP contribution in [-0.2, 0) is 27.3 Å². The van der Waals surface area contributed by atoms with E-state index < -0.39 is 35.8 Å². The van der Waals surface area contributed by atoms with Crippen molar-refractivity contribution in [3.63, 3.8) is 0 Å². The maximum absolute atomic E-state index is 14.0. The number of fused-ring (bicyclic) bond motifs is 15. The van der Waals surface area contributed by atoms with E-state index in [0.29, 0.717) is 23.0 Å². The molecule has 13 nitrogen and oxygen atoms in total. The van der Waals surface area contributed by atoms with Gasteiger partial charge in [0.15, 0.2) is 5.82 Å². The van der Waals surface area contributed by atoms with E-state index in [1.165, 1.54) is 16.0 Å². The van der Waals surface area contributed by atoms with Gasteiger partial charge in [0.05, 0.1) is 28.3 Å². The van der Waals surface area contributed by atoms with E-state index in [1.54, 1.807) is 42.8 Å². The number of thiazole rings is 1. The normalized spacial score (nSPS) is 19.2. The lowest BCUT2D eigenvalue weighted by Crippen LogP contribution is -2.56. The number of nitrogens with zero attached hydrogens (tertiary/aromatic N) is 4. The highest BCUT2D eigenvalue weighted by atomic mass is 32.1. The summed E-state index contributed by atoms with van der Waals surface area (Å²) >= 11 is 1.42. The van der Waals surface area contributed by atoms with Crippen LogP contribution in [-0.4, -0.2) is 68.6 Å². The van der Waals surface area contributed by atoms with Gasteiger partial charge in [-0.1, -0.05) is 56.3 Å². The van der Waals surface area contributed by atoms with Crippen molar-refractivity contribution in [3.05, 3.63) is 95.3 Å². The van der Waals surface area contributed by atoms with Crippen LogP contribution in [0.5, 0.6) is 5.75 Å². The molecule has 4 heterocycles. The molecule has 2 aromatic heterocycles. The van der Waals surface area contributed by atoms with Gasteiger partial charge in [-0.15, -0.1) is 11.3 Å². The molecule has 5 aromatic rings. The summed E-state index contributed by atoms with van der Waals surface area (Å²) in [5, 5.41) is 16.2. The first kappa shape index (κ1) is 34.2. The van der Waals surface area contributed by atoms with E-state index in [0.717, 1.165) is 21.3 Å². The van der Waals surface area contributed by atoms with Crippen molar-refractivity contribution in [3.8, 4) is 17.1 Å². The molecule has 2 aliphatic rings. The SMILES string of the molecule is CC(C)[C@H]1NC(=O)[C@@H](NC(=O)c2ccc3ncsc3c2)Cc2ccc(cc2)OCCNC(=O)Cn2nc(-c3ccccc3)nc2[C@H](C)NC1=O. The molecule has 0 radical (unpaired) electrons. The van der Waals surface area contributed by atoms with E-state index in [4.69, 9.17) is 9.72 Å². The maximum Gasteiger partial charge on any atom is 0.251 e. The molecule has 0 spiro atoms. The van der Waals surface area contributed by atoms with Gasteiger partial charge in [-0.3, -0.25) is 19.2 Å². The lowest BCUT2D eigenvalue weighted by Gasteiger charge is -2.27. The predicted molar refractivity (Wildman–Crippen MR) is 188 cm³/mol. The first-order chi connectivity index (χ1) is 24.1. The van der Waals surface area contributed by atoms with E-state index in [-0.39, 0.29) is 37.9 Å². The summed E-state index contributed by atoms with van der Waals surface area (Å²) in [5.74, 6) is -0.640. The Morgan fingerprint density at radius 3 is 2.54 bits per heavy atom. The van der Waals surface area contributed by atoms with Crippen LogP contribution in [0.1, 0.15) is 48.6 Å². The second-order valence-corrected chi connectivity index (χ2v) is 13.3. The summed E-state index contributed by atoms with van der Waals surface area (Å²) in [7, 11) is 0. The monoisotopic (exact) mass is 694 g/mol. The fourth-order valence-electron chi connectivity index (χ4n) is 5.61. The minimum absolute atomic E-state index is 0.133. The van der Waals surface area contributed by atoms with Gasteiger partial charge in [-0.25, -0.2) is 14.6 Å². The molecule has 2 aliphatic heterocycles.